The Morgan fingerprint density at radius 3 is 1.59 bits per heavy atom. The number of Topliss-reactive ketones (excluding diaryl/α,β-unsaturated/α-hetero) is 1. The second-order valence-corrected chi connectivity index (χ2v) is 5.01. The topological polar surface area (TPSA) is 53.5 Å². The van der Waals surface area contributed by atoms with Gasteiger partial charge in [0, 0.05) is 6.42 Å². The number of rotatable bonds is 0. The molecular formula is C14H24N2O. The minimum atomic E-state index is 0.0459. The van der Waals surface area contributed by atoms with E-state index >= 15 is 0 Å². The van der Waals surface area contributed by atoms with Crippen LogP contribution in [0.4, 0.5) is 0 Å². The molecule has 3 heteroatoms. The Morgan fingerprint density at radius 1 is 0.706 bits per heavy atom. The molecule has 0 unspecified atom stereocenters. The molecule has 1 rings (SSSR count). The minimum absolute atomic E-state index is 0.0459. The van der Waals surface area contributed by atoms with E-state index in [2.05, 4.69) is 4.79 Å². The van der Waals surface area contributed by atoms with E-state index in [1.807, 2.05) is 0 Å². The number of hydrogen-bond donors (Lipinski definition) is 0. The molecule has 0 heterocycles. The van der Waals surface area contributed by atoms with Crippen LogP contribution in [0.15, 0.2) is 0 Å². The third kappa shape index (κ3) is 6.38. The van der Waals surface area contributed by atoms with Crippen LogP contribution in [0.3, 0.4) is 0 Å². The summed E-state index contributed by atoms with van der Waals surface area (Å²) in [4.78, 5) is 14.9. The second-order valence-electron chi connectivity index (χ2n) is 5.01. The summed E-state index contributed by atoms with van der Waals surface area (Å²) in [5.74, 6) is 0.0459. The zero-order valence-electron chi connectivity index (χ0n) is 10.8. The summed E-state index contributed by atoms with van der Waals surface area (Å²) in [6.07, 6.45) is 13.2. The summed E-state index contributed by atoms with van der Waals surface area (Å²) in [5.41, 5.74) is 9.22. The van der Waals surface area contributed by atoms with Crippen molar-refractivity contribution in [2.24, 2.45) is 0 Å². The zero-order chi connectivity index (χ0) is 12.3. The summed E-state index contributed by atoms with van der Waals surface area (Å²) in [6.45, 7) is 0. The van der Waals surface area contributed by atoms with Gasteiger partial charge in [-0.2, -0.15) is 4.79 Å². The van der Waals surface area contributed by atoms with Crippen molar-refractivity contribution < 1.29 is 9.58 Å². The fraction of sp³-hybridized carbons (Fsp3) is 0.857. The monoisotopic (exact) mass is 236 g/mol. The quantitative estimate of drug-likeness (QED) is 0.464. The Kier molecular flexibility index (Phi) is 7.57. The van der Waals surface area contributed by atoms with E-state index in [1.165, 1.54) is 38.5 Å². The third-order valence-electron chi connectivity index (χ3n) is 3.51. The molecule has 0 spiro atoms. The first-order valence-electron chi connectivity index (χ1n) is 7.08. The van der Waals surface area contributed by atoms with Crippen molar-refractivity contribution in [1.29, 1.82) is 0 Å². The lowest BCUT2D eigenvalue weighted by atomic mass is 9.99. The van der Waals surface area contributed by atoms with Crippen molar-refractivity contribution in [3.05, 3.63) is 5.53 Å². The third-order valence-corrected chi connectivity index (χ3v) is 3.51. The zero-order valence-corrected chi connectivity index (χ0v) is 10.8. The predicted molar refractivity (Wildman–Crippen MR) is 69.0 cm³/mol. The summed E-state index contributed by atoms with van der Waals surface area (Å²) >= 11 is 0. The lowest BCUT2D eigenvalue weighted by Gasteiger charge is -2.04. The Hall–Kier alpha value is -0.950. The highest BCUT2D eigenvalue weighted by Crippen LogP contribution is 2.14. The van der Waals surface area contributed by atoms with Gasteiger partial charge in [-0.3, -0.25) is 4.79 Å². The number of ketones is 1. The van der Waals surface area contributed by atoms with Crippen LogP contribution in [-0.4, -0.2) is 16.3 Å². The molecule has 0 radical (unpaired) electrons. The van der Waals surface area contributed by atoms with Crippen molar-refractivity contribution in [2.75, 3.05) is 0 Å². The molecule has 1 fully saturated rings. The maximum absolute atomic E-state index is 11.7. The van der Waals surface area contributed by atoms with Crippen LogP contribution >= 0.6 is 0 Å². The maximum Gasteiger partial charge on any atom is 0.334 e. The van der Waals surface area contributed by atoms with Crippen LogP contribution in [-0.2, 0) is 4.79 Å². The summed E-state index contributed by atoms with van der Waals surface area (Å²) in [7, 11) is 0. The van der Waals surface area contributed by atoms with Gasteiger partial charge >= 0.3 is 5.71 Å². The highest BCUT2D eigenvalue weighted by atomic mass is 16.1. The molecule has 0 aromatic rings. The summed E-state index contributed by atoms with van der Waals surface area (Å²) in [6, 6.07) is 0. The number of hydrogen-bond acceptors (Lipinski definition) is 1. The number of nitrogens with zero attached hydrogens (tertiary/aromatic N) is 2. The average molecular weight is 236 g/mol. The smallest absolute Gasteiger partial charge is 0.334 e. The molecule has 1 aliphatic carbocycles. The van der Waals surface area contributed by atoms with Crippen LogP contribution < -0.4 is 0 Å². The van der Waals surface area contributed by atoms with Gasteiger partial charge in [-0.05, 0) is 12.8 Å². The van der Waals surface area contributed by atoms with Crippen molar-refractivity contribution >= 4 is 11.5 Å². The average Bonchev–Trinajstić information content (AvgIpc) is 2.34. The van der Waals surface area contributed by atoms with Gasteiger partial charge in [0.25, 0.3) is 0 Å². The lowest BCUT2D eigenvalue weighted by Crippen LogP contribution is -2.15. The fourth-order valence-electron chi connectivity index (χ4n) is 2.38. The molecule has 0 aromatic heterocycles. The van der Waals surface area contributed by atoms with E-state index in [9.17, 15) is 4.79 Å². The first-order chi connectivity index (χ1) is 8.34. The molecule has 0 saturated heterocycles. The van der Waals surface area contributed by atoms with Gasteiger partial charge in [0.2, 0.25) is 5.78 Å². The van der Waals surface area contributed by atoms with E-state index in [4.69, 9.17) is 5.53 Å². The predicted octanol–water partition coefficient (Wildman–Crippen LogP) is 3.92. The van der Waals surface area contributed by atoms with E-state index < -0.39 is 0 Å². The second kappa shape index (κ2) is 9.12. The van der Waals surface area contributed by atoms with Crippen LogP contribution in [0.25, 0.3) is 5.53 Å². The molecule has 96 valence electrons. The SMILES string of the molecule is [N-]=[N+]=C1CCCCCCCCCCCCC1=O. The van der Waals surface area contributed by atoms with E-state index in [1.54, 1.807) is 0 Å². The summed E-state index contributed by atoms with van der Waals surface area (Å²) in [5, 5.41) is 0. The molecule has 0 N–H and O–H groups in total. The van der Waals surface area contributed by atoms with Gasteiger partial charge in [0.1, 0.15) is 0 Å². The Bertz CT molecular complexity index is 280. The van der Waals surface area contributed by atoms with Crippen molar-refractivity contribution in [3.63, 3.8) is 0 Å². The fourth-order valence-corrected chi connectivity index (χ4v) is 2.38. The molecule has 0 aromatic carbocycles. The van der Waals surface area contributed by atoms with Crippen LogP contribution in [0.2, 0.25) is 0 Å². The van der Waals surface area contributed by atoms with E-state index in [0.717, 1.165) is 25.7 Å². The number of carbonyl (C=O) groups is 1. The van der Waals surface area contributed by atoms with Gasteiger partial charge < -0.3 is 5.53 Å². The highest BCUT2D eigenvalue weighted by molar-refractivity contribution is 6.37. The molecule has 0 amide bonds. The van der Waals surface area contributed by atoms with Crippen LogP contribution in [0.5, 0.6) is 0 Å². The van der Waals surface area contributed by atoms with Gasteiger partial charge in [-0.15, -0.1) is 0 Å². The van der Waals surface area contributed by atoms with E-state index in [-0.39, 0.29) is 5.78 Å². The van der Waals surface area contributed by atoms with Crippen molar-refractivity contribution in [3.8, 4) is 0 Å². The molecule has 17 heavy (non-hydrogen) atoms. The van der Waals surface area contributed by atoms with Gasteiger partial charge in [-0.1, -0.05) is 51.4 Å². The minimum Gasteiger partial charge on any atom is -0.361 e. The molecule has 3 nitrogen and oxygen atoms in total. The van der Waals surface area contributed by atoms with Gasteiger partial charge in [-0.25, -0.2) is 0 Å². The molecule has 0 atom stereocenters. The number of carbonyl (C=O) groups excluding carboxylic acids is 1. The largest absolute Gasteiger partial charge is 0.361 e. The Balaban J connectivity index is 2.39. The molecular weight excluding hydrogens is 212 g/mol. The molecule has 0 aliphatic heterocycles. The highest BCUT2D eigenvalue weighted by Gasteiger charge is 2.18. The standard InChI is InChI=1S/C14H24N2O/c15-16-13-11-9-7-5-3-1-2-4-6-8-10-12-14(13)17/h1-12H2. The van der Waals surface area contributed by atoms with Crippen molar-refractivity contribution in [1.82, 2.24) is 0 Å². The van der Waals surface area contributed by atoms with Gasteiger partial charge in [0.05, 0.1) is 6.42 Å². The summed E-state index contributed by atoms with van der Waals surface area (Å²) < 4.78 is 0. The van der Waals surface area contributed by atoms with E-state index in [0.29, 0.717) is 18.6 Å². The normalized spacial score (nSPS) is 21.6. The Morgan fingerprint density at radius 2 is 1.12 bits per heavy atom. The Labute approximate surface area is 104 Å². The van der Waals surface area contributed by atoms with Crippen LogP contribution in [0.1, 0.15) is 77.0 Å². The van der Waals surface area contributed by atoms with Crippen LogP contribution in [0, 0.1) is 0 Å². The maximum atomic E-state index is 11.7. The van der Waals surface area contributed by atoms with Gasteiger partial charge in [0.15, 0.2) is 0 Å². The first-order valence-corrected chi connectivity index (χ1v) is 7.08. The molecule has 1 saturated carbocycles. The lowest BCUT2D eigenvalue weighted by molar-refractivity contribution is -0.117. The molecule has 0 bridgehead atoms. The molecule has 1 aliphatic rings. The first kappa shape index (κ1) is 14.1. The van der Waals surface area contributed by atoms with Crippen molar-refractivity contribution in [2.45, 2.75) is 77.0 Å².